The number of ether oxygens (including phenoxy) is 2. The van der Waals surface area contributed by atoms with Gasteiger partial charge in [-0.2, -0.15) is 0 Å². The zero-order chi connectivity index (χ0) is 18.2. The molecule has 138 valence electrons. The second kappa shape index (κ2) is 7.42. The Morgan fingerprint density at radius 2 is 1.75 bits per heavy atom. The molecule has 0 saturated carbocycles. The molecule has 2 aliphatic heterocycles. The van der Waals surface area contributed by atoms with Crippen molar-refractivity contribution in [2.24, 2.45) is 0 Å². The van der Waals surface area contributed by atoms with Crippen molar-refractivity contribution in [1.29, 1.82) is 5.41 Å². The maximum absolute atomic E-state index is 12.4. The number of carbonyl (C=O) groups is 1. The Morgan fingerprint density at radius 3 is 2.33 bits per heavy atom. The first kappa shape index (κ1) is 19.2. The number of nitrogens with one attached hydrogen (secondary N) is 3. The molecule has 2 heterocycles. The molecule has 9 heteroatoms. The largest absolute Gasteiger partial charge is 0.387 e. The lowest BCUT2D eigenvalue weighted by atomic mass is 9.91. The van der Waals surface area contributed by atoms with Crippen molar-refractivity contribution in [3.05, 3.63) is 0 Å². The molecule has 8 unspecified atom stereocenters. The predicted octanol–water partition coefficient (Wildman–Crippen LogP) is -1.90. The van der Waals surface area contributed by atoms with Crippen molar-refractivity contribution in [3.8, 4) is 0 Å². The van der Waals surface area contributed by atoms with Gasteiger partial charge in [0.15, 0.2) is 6.29 Å². The highest BCUT2D eigenvalue weighted by atomic mass is 16.7. The van der Waals surface area contributed by atoms with Crippen LogP contribution in [0.2, 0.25) is 0 Å². The van der Waals surface area contributed by atoms with E-state index in [-0.39, 0.29) is 17.7 Å². The highest BCUT2D eigenvalue weighted by molar-refractivity contribution is 5.95. The van der Waals surface area contributed by atoms with Gasteiger partial charge in [0.1, 0.15) is 24.4 Å². The molecule has 2 rings (SSSR count). The van der Waals surface area contributed by atoms with Crippen molar-refractivity contribution in [2.75, 3.05) is 0 Å². The summed E-state index contributed by atoms with van der Waals surface area (Å²) in [5, 5.41) is 44.1. The van der Waals surface area contributed by atoms with E-state index < -0.39 is 48.9 Å². The summed E-state index contributed by atoms with van der Waals surface area (Å²) in [4.78, 5) is 12.4. The van der Waals surface area contributed by atoms with E-state index in [1.807, 2.05) is 13.8 Å². The monoisotopic (exact) mass is 345 g/mol. The molecule has 24 heavy (non-hydrogen) atoms. The summed E-state index contributed by atoms with van der Waals surface area (Å²) in [7, 11) is 0. The summed E-state index contributed by atoms with van der Waals surface area (Å²) >= 11 is 0. The van der Waals surface area contributed by atoms with Gasteiger partial charge in [0.2, 0.25) is 5.91 Å². The highest BCUT2D eigenvalue weighted by Gasteiger charge is 2.52. The van der Waals surface area contributed by atoms with Crippen molar-refractivity contribution in [2.45, 2.75) is 82.6 Å². The second-order valence-corrected chi connectivity index (χ2v) is 6.70. The number of fused-ring (bicyclic) bond motifs is 2. The lowest BCUT2D eigenvalue weighted by Crippen LogP contribution is -2.64. The molecular formula is C15H27N3O6. The van der Waals surface area contributed by atoms with Gasteiger partial charge < -0.3 is 40.8 Å². The number of amides is 1. The van der Waals surface area contributed by atoms with Crippen LogP contribution >= 0.6 is 0 Å². The first-order valence-electron chi connectivity index (χ1n) is 8.13. The van der Waals surface area contributed by atoms with Crippen molar-refractivity contribution < 1.29 is 29.6 Å². The van der Waals surface area contributed by atoms with Crippen LogP contribution in [0.4, 0.5) is 0 Å². The lowest BCUT2D eigenvalue weighted by molar-refractivity contribution is -0.295. The lowest BCUT2D eigenvalue weighted by Gasteiger charge is -2.40. The molecule has 6 N–H and O–H groups in total. The molecule has 0 aromatic heterocycles. The average molecular weight is 345 g/mol. The smallest absolute Gasteiger partial charge is 0.237 e. The van der Waals surface area contributed by atoms with Gasteiger partial charge in [0, 0.05) is 6.04 Å². The van der Waals surface area contributed by atoms with E-state index in [4.69, 9.17) is 14.9 Å². The van der Waals surface area contributed by atoms with Crippen LogP contribution in [-0.4, -0.2) is 81.9 Å². The fraction of sp³-hybridized carbons (Fsp3) is 0.867. The van der Waals surface area contributed by atoms with E-state index in [2.05, 4.69) is 10.6 Å². The molecule has 0 aromatic rings. The SMILES string of the molecule is CC(C)NC(C)C(=O)NC1C(=N)C(C)OC2OC1C(O)C(O)C2O. The maximum atomic E-state index is 12.4. The quantitative estimate of drug-likeness (QED) is 0.349. The molecule has 1 amide bonds. The third kappa shape index (κ3) is 3.76. The van der Waals surface area contributed by atoms with Crippen LogP contribution < -0.4 is 10.6 Å². The topological polar surface area (TPSA) is 144 Å². The number of hydrogen-bond acceptors (Lipinski definition) is 8. The van der Waals surface area contributed by atoms with Crippen molar-refractivity contribution >= 4 is 11.6 Å². The molecular weight excluding hydrogens is 318 g/mol. The Balaban J connectivity index is 2.20. The van der Waals surface area contributed by atoms with E-state index in [0.29, 0.717) is 0 Å². The van der Waals surface area contributed by atoms with Crippen LogP contribution in [-0.2, 0) is 14.3 Å². The Kier molecular flexibility index (Phi) is 5.95. The van der Waals surface area contributed by atoms with Crippen LogP contribution in [0.5, 0.6) is 0 Å². The fourth-order valence-corrected chi connectivity index (χ4v) is 2.98. The van der Waals surface area contributed by atoms with Gasteiger partial charge in [0.05, 0.1) is 23.9 Å². The summed E-state index contributed by atoms with van der Waals surface area (Å²) < 4.78 is 10.9. The van der Waals surface area contributed by atoms with E-state index in [1.54, 1.807) is 13.8 Å². The van der Waals surface area contributed by atoms with Gasteiger partial charge in [-0.1, -0.05) is 13.8 Å². The molecule has 0 spiro atoms. The number of rotatable bonds is 4. The Bertz CT molecular complexity index is 488. The third-order valence-corrected chi connectivity index (χ3v) is 4.32. The van der Waals surface area contributed by atoms with E-state index in [1.165, 1.54) is 0 Å². The summed E-state index contributed by atoms with van der Waals surface area (Å²) in [6, 6.07) is -1.38. The van der Waals surface area contributed by atoms with E-state index in [9.17, 15) is 20.1 Å². The predicted molar refractivity (Wildman–Crippen MR) is 84.6 cm³/mol. The summed E-state index contributed by atoms with van der Waals surface area (Å²) in [6.45, 7) is 7.09. The van der Waals surface area contributed by atoms with Gasteiger partial charge in [-0.3, -0.25) is 4.79 Å². The van der Waals surface area contributed by atoms with Gasteiger partial charge in [-0.05, 0) is 13.8 Å². The molecule has 0 aliphatic carbocycles. The Morgan fingerprint density at radius 1 is 1.12 bits per heavy atom. The highest BCUT2D eigenvalue weighted by Crippen LogP contribution is 2.29. The molecule has 0 aromatic carbocycles. The van der Waals surface area contributed by atoms with Crippen molar-refractivity contribution in [3.63, 3.8) is 0 Å². The van der Waals surface area contributed by atoms with Gasteiger partial charge in [-0.15, -0.1) is 0 Å². The maximum Gasteiger partial charge on any atom is 0.237 e. The molecule has 9 nitrogen and oxygen atoms in total. The minimum absolute atomic E-state index is 0.00736. The van der Waals surface area contributed by atoms with Gasteiger partial charge in [-0.25, -0.2) is 0 Å². The molecule has 8 atom stereocenters. The normalized spacial score (nSPS) is 41.0. The zero-order valence-electron chi connectivity index (χ0n) is 14.3. The minimum Gasteiger partial charge on any atom is -0.387 e. The number of carbonyl (C=O) groups excluding carboxylic acids is 1. The average Bonchev–Trinajstić information content (AvgIpc) is 2.61. The number of aliphatic hydroxyl groups is 3. The summed E-state index contributed by atoms with van der Waals surface area (Å²) in [6.07, 6.45) is -7.37. The summed E-state index contributed by atoms with van der Waals surface area (Å²) in [5.74, 6) is -0.361. The van der Waals surface area contributed by atoms with E-state index >= 15 is 0 Å². The van der Waals surface area contributed by atoms with Crippen LogP contribution in [0.3, 0.4) is 0 Å². The number of aliphatic hydroxyl groups excluding tert-OH is 3. The zero-order valence-corrected chi connectivity index (χ0v) is 14.3. The molecule has 2 aliphatic rings. The standard InChI is InChI=1S/C15H27N3O6/c1-5(2)17-6(3)14(22)18-9-8(16)7(4)23-15-12(21)10(19)11(20)13(9)24-15/h5-7,9-13,15-17,19-21H,1-4H3,(H,18,22). The van der Waals surface area contributed by atoms with Crippen LogP contribution in [0.15, 0.2) is 0 Å². The summed E-state index contributed by atoms with van der Waals surface area (Å²) in [5.41, 5.74) is 0.00736. The van der Waals surface area contributed by atoms with Crippen LogP contribution in [0, 0.1) is 5.41 Å². The Labute approximate surface area is 140 Å². The Hall–Kier alpha value is -1.10. The first-order valence-corrected chi connectivity index (χ1v) is 8.13. The fourth-order valence-electron chi connectivity index (χ4n) is 2.98. The van der Waals surface area contributed by atoms with Crippen LogP contribution in [0.25, 0.3) is 0 Å². The molecule has 2 fully saturated rings. The van der Waals surface area contributed by atoms with Crippen molar-refractivity contribution in [1.82, 2.24) is 10.6 Å². The third-order valence-electron chi connectivity index (χ3n) is 4.32. The van der Waals surface area contributed by atoms with E-state index in [0.717, 1.165) is 0 Å². The second-order valence-electron chi connectivity index (χ2n) is 6.70. The molecule has 0 radical (unpaired) electrons. The van der Waals surface area contributed by atoms with Crippen LogP contribution in [0.1, 0.15) is 27.7 Å². The van der Waals surface area contributed by atoms with Gasteiger partial charge in [0.25, 0.3) is 0 Å². The number of hydrogen-bond donors (Lipinski definition) is 6. The minimum atomic E-state index is -1.49. The molecule has 2 saturated heterocycles. The van der Waals surface area contributed by atoms with Gasteiger partial charge >= 0.3 is 0 Å². The first-order chi connectivity index (χ1) is 11.1. The molecule has 2 bridgehead atoms.